The van der Waals surface area contributed by atoms with Gasteiger partial charge < -0.3 is 0 Å². The quantitative estimate of drug-likeness (QED) is 0.556. The van der Waals surface area contributed by atoms with Gasteiger partial charge in [-0.3, -0.25) is 0 Å². The van der Waals surface area contributed by atoms with Crippen LogP contribution in [-0.4, -0.2) is 0 Å². The molecule has 0 saturated heterocycles. The molecule has 0 spiro atoms. The maximum absolute atomic E-state index is 3.90. The van der Waals surface area contributed by atoms with Gasteiger partial charge in [0.2, 0.25) is 0 Å². The fourth-order valence-corrected chi connectivity index (χ4v) is 1.05. The monoisotopic (exact) mass is 178 g/mol. The first-order valence-electron chi connectivity index (χ1n) is 5.01. The summed E-state index contributed by atoms with van der Waals surface area (Å²) in [6, 6.07) is 0. The van der Waals surface area contributed by atoms with Crippen molar-refractivity contribution in [1.82, 2.24) is 0 Å². The summed E-state index contributed by atoms with van der Waals surface area (Å²) in [7, 11) is 0. The van der Waals surface area contributed by atoms with Crippen molar-refractivity contribution in [2.45, 2.75) is 41.0 Å². The lowest BCUT2D eigenvalue weighted by Gasteiger charge is -2.08. The topological polar surface area (TPSA) is 0 Å². The molecule has 0 bridgehead atoms. The first kappa shape index (κ1) is 12.2. The Morgan fingerprint density at radius 1 is 1.23 bits per heavy atom. The van der Waals surface area contributed by atoms with E-state index in [-0.39, 0.29) is 0 Å². The van der Waals surface area contributed by atoms with Crippen LogP contribution in [0.5, 0.6) is 0 Å². The summed E-state index contributed by atoms with van der Waals surface area (Å²) in [6.45, 7) is 14.7. The Morgan fingerprint density at radius 2 is 1.77 bits per heavy atom. The number of hydrogen-bond acceptors (Lipinski definition) is 0. The summed E-state index contributed by atoms with van der Waals surface area (Å²) >= 11 is 0. The Bertz CT molecular complexity index is 226. The molecule has 0 rings (SSSR count). The molecule has 0 heterocycles. The Balaban J connectivity index is 4.73. The lowest BCUT2D eigenvalue weighted by atomic mass is 9.98. The Labute approximate surface area is 83.0 Å². The van der Waals surface area contributed by atoms with Gasteiger partial charge in [0.25, 0.3) is 0 Å². The van der Waals surface area contributed by atoms with Gasteiger partial charge in [-0.2, -0.15) is 0 Å². The molecule has 0 heteroatoms. The van der Waals surface area contributed by atoms with Crippen molar-refractivity contribution in [2.24, 2.45) is 5.92 Å². The summed E-state index contributed by atoms with van der Waals surface area (Å²) < 4.78 is 0. The molecular weight excluding hydrogens is 156 g/mol. The molecule has 0 saturated carbocycles. The molecule has 74 valence electrons. The summed E-state index contributed by atoms with van der Waals surface area (Å²) in [5.41, 5.74) is 3.94. The van der Waals surface area contributed by atoms with Gasteiger partial charge in [-0.1, -0.05) is 50.6 Å². The van der Waals surface area contributed by atoms with Crippen molar-refractivity contribution in [3.63, 3.8) is 0 Å². The Kier molecular flexibility index (Phi) is 5.45. The van der Waals surface area contributed by atoms with Crippen LogP contribution in [0.2, 0.25) is 0 Å². The lowest BCUT2D eigenvalue weighted by molar-refractivity contribution is 0.787. The highest BCUT2D eigenvalue weighted by molar-refractivity contribution is 5.30. The van der Waals surface area contributed by atoms with Gasteiger partial charge in [0, 0.05) is 0 Å². The van der Waals surface area contributed by atoms with E-state index in [0.29, 0.717) is 5.92 Å². The zero-order chi connectivity index (χ0) is 10.4. The smallest absolute Gasteiger partial charge is 0.0219 e. The van der Waals surface area contributed by atoms with Crippen LogP contribution in [0, 0.1) is 5.92 Å². The molecule has 0 atom stereocenters. The van der Waals surface area contributed by atoms with E-state index < -0.39 is 0 Å². The maximum Gasteiger partial charge on any atom is -0.0219 e. The minimum Gasteiger partial charge on any atom is -0.0961 e. The maximum atomic E-state index is 3.90. The molecule has 0 radical (unpaired) electrons. The minimum atomic E-state index is 0.582. The first-order valence-corrected chi connectivity index (χ1v) is 5.01. The number of hydrogen-bond donors (Lipinski definition) is 0. The van der Waals surface area contributed by atoms with Crippen LogP contribution in [0.1, 0.15) is 41.0 Å². The average molecular weight is 178 g/mol. The van der Waals surface area contributed by atoms with Crippen LogP contribution >= 0.6 is 0 Å². The SMILES string of the molecule is C=C(C)/C=C(\C=C(/C)CC)C(C)C. The normalized spacial score (nSPS) is 13.7. The van der Waals surface area contributed by atoms with Crippen molar-refractivity contribution in [3.8, 4) is 0 Å². The van der Waals surface area contributed by atoms with Crippen molar-refractivity contribution >= 4 is 0 Å². The molecule has 0 amide bonds. The van der Waals surface area contributed by atoms with Crippen LogP contribution in [-0.2, 0) is 0 Å². The van der Waals surface area contributed by atoms with E-state index in [1.165, 1.54) is 11.1 Å². The molecule has 0 aromatic rings. The lowest BCUT2D eigenvalue weighted by Crippen LogP contribution is -1.92. The summed E-state index contributed by atoms with van der Waals surface area (Å²) in [6.07, 6.45) is 5.57. The van der Waals surface area contributed by atoms with Gasteiger partial charge in [0.15, 0.2) is 0 Å². The highest BCUT2D eigenvalue weighted by Crippen LogP contribution is 2.16. The fourth-order valence-electron chi connectivity index (χ4n) is 1.05. The van der Waals surface area contributed by atoms with E-state index in [4.69, 9.17) is 0 Å². The first-order chi connectivity index (χ1) is 5.97. The molecule has 13 heavy (non-hydrogen) atoms. The third-order valence-corrected chi connectivity index (χ3v) is 2.05. The van der Waals surface area contributed by atoms with Gasteiger partial charge >= 0.3 is 0 Å². The zero-order valence-electron chi connectivity index (χ0n) is 9.65. The standard InChI is InChI=1S/C13H22/c1-7-12(6)9-13(11(4)5)8-10(2)3/h8-9,11H,2,7H2,1,3-6H3/b12-9+,13-8+. The molecule has 0 aliphatic rings. The second-order valence-corrected chi connectivity index (χ2v) is 3.99. The number of rotatable bonds is 4. The van der Waals surface area contributed by atoms with Gasteiger partial charge in [-0.05, 0) is 31.8 Å². The van der Waals surface area contributed by atoms with Crippen molar-refractivity contribution < 1.29 is 0 Å². The van der Waals surface area contributed by atoms with Crippen LogP contribution in [0.15, 0.2) is 35.5 Å². The molecule has 0 aromatic heterocycles. The van der Waals surface area contributed by atoms with Gasteiger partial charge in [0.1, 0.15) is 0 Å². The van der Waals surface area contributed by atoms with Crippen molar-refractivity contribution in [2.75, 3.05) is 0 Å². The van der Waals surface area contributed by atoms with E-state index in [2.05, 4.69) is 46.4 Å². The molecule has 0 N–H and O–H groups in total. The highest BCUT2D eigenvalue weighted by atomic mass is 14.0. The van der Waals surface area contributed by atoms with E-state index >= 15 is 0 Å². The summed E-state index contributed by atoms with van der Waals surface area (Å²) in [4.78, 5) is 0. The van der Waals surface area contributed by atoms with Gasteiger partial charge in [-0.15, -0.1) is 0 Å². The van der Waals surface area contributed by atoms with Gasteiger partial charge in [0.05, 0.1) is 0 Å². The van der Waals surface area contributed by atoms with E-state index in [1.807, 2.05) is 6.92 Å². The summed E-state index contributed by atoms with van der Waals surface area (Å²) in [5.74, 6) is 0.582. The van der Waals surface area contributed by atoms with Crippen LogP contribution in [0.25, 0.3) is 0 Å². The predicted octanol–water partition coefficient (Wildman–Crippen LogP) is 4.50. The van der Waals surface area contributed by atoms with Crippen LogP contribution < -0.4 is 0 Å². The predicted molar refractivity (Wildman–Crippen MR) is 61.8 cm³/mol. The number of allylic oxidation sites excluding steroid dienone is 5. The van der Waals surface area contributed by atoms with Crippen molar-refractivity contribution in [3.05, 3.63) is 35.5 Å². The van der Waals surface area contributed by atoms with Crippen LogP contribution in [0.3, 0.4) is 0 Å². The molecular formula is C13H22. The van der Waals surface area contributed by atoms with E-state index in [1.54, 1.807) is 0 Å². The third kappa shape index (κ3) is 5.46. The fraction of sp³-hybridized carbons (Fsp3) is 0.538. The molecule has 0 unspecified atom stereocenters. The molecule has 0 fully saturated rings. The second-order valence-electron chi connectivity index (χ2n) is 3.99. The van der Waals surface area contributed by atoms with E-state index in [9.17, 15) is 0 Å². The average Bonchev–Trinajstić information content (AvgIpc) is 2.02. The Morgan fingerprint density at radius 3 is 2.08 bits per heavy atom. The van der Waals surface area contributed by atoms with Gasteiger partial charge in [-0.25, -0.2) is 0 Å². The Hall–Kier alpha value is -0.780. The highest BCUT2D eigenvalue weighted by Gasteiger charge is 1.99. The van der Waals surface area contributed by atoms with Crippen LogP contribution in [0.4, 0.5) is 0 Å². The molecule has 0 aliphatic carbocycles. The largest absolute Gasteiger partial charge is 0.0961 e. The molecule has 0 aromatic carbocycles. The van der Waals surface area contributed by atoms with E-state index in [0.717, 1.165) is 12.0 Å². The molecule has 0 nitrogen and oxygen atoms in total. The minimum absolute atomic E-state index is 0.582. The second kappa shape index (κ2) is 5.80. The van der Waals surface area contributed by atoms with Crippen molar-refractivity contribution in [1.29, 1.82) is 0 Å². The molecule has 0 aliphatic heterocycles. The zero-order valence-corrected chi connectivity index (χ0v) is 9.65. The summed E-state index contributed by atoms with van der Waals surface area (Å²) in [5, 5.41) is 0. The third-order valence-electron chi connectivity index (χ3n) is 2.05.